The quantitative estimate of drug-likeness (QED) is 0.686. The number of nitrogens with two attached hydrogens (primary N) is 1. The fourth-order valence-corrected chi connectivity index (χ4v) is 4.96. The Morgan fingerprint density at radius 1 is 1.03 bits per heavy atom. The first kappa shape index (κ1) is 19.9. The Bertz CT molecular complexity index is 831. The number of aryl methyl sites for hydroxylation is 1. The number of piperidine rings is 3. The van der Waals surface area contributed by atoms with Gasteiger partial charge in [0.15, 0.2) is 0 Å². The number of hydrogen-bond acceptors (Lipinski definition) is 3. The first-order valence-corrected chi connectivity index (χ1v) is 10.8. The number of hydrogen-bond donors (Lipinski definition) is 2. The Balaban J connectivity index is 1.78. The van der Waals surface area contributed by atoms with Crippen LogP contribution in [0.15, 0.2) is 48.5 Å². The van der Waals surface area contributed by atoms with Crippen LogP contribution in [0.2, 0.25) is 0 Å². The van der Waals surface area contributed by atoms with Crippen molar-refractivity contribution in [2.75, 3.05) is 31.1 Å². The van der Waals surface area contributed by atoms with Gasteiger partial charge in [0.1, 0.15) is 0 Å². The summed E-state index contributed by atoms with van der Waals surface area (Å²) < 4.78 is 0. The van der Waals surface area contributed by atoms with Crippen molar-refractivity contribution in [3.05, 3.63) is 54.1 Å². The summed E-state index contributed by atoms with van der Waals surface area (Å²) in [7, 11) is 0. The Morgan fingerprint density at radius 2 is 1.72 bits per heavy atom. The van der Waals surface area contributed by atoms with Crippen LogP contribution in [0, 0.1) is 0 Å². The highest BCUT2D eigenvalue weighted by atomic mass is 16.4. The maximum atomic E-state index is 12.6. The van der Waals surface area contributed by atoms with Crippen LogP contribution in [-0.4, -0.2) is 47.8 Å². The van der Waals surface area contributed by atoms with E-state index < -0.39 is 6.09 Å². The predicted molar refractivity (Wildman–Crippen MR) is 117 cm³/mol. The lowest BCUT2D eigenvalue weighted by molar-refractivity contribution is 0.0783. The predicted octanol–water partition coefficient (Wildman–Crippen LogP) is 4.36. The topological polar surface area (TPSA) is 69.8 Å². The molecule has 0 radical (unpaired) electrons. The minimum Gasteiger partial charge on any atom is -0.465 e. The average molecular weight is 394 g/mol. The van der Waals surface area contributed by atoms with Gasteiger partial charge in [-0.1, -0.05) is 42.5 Å². The first-order chi connectivity index (χ1) is 14.1. The van der Waals surface area contributed by atoms with Gasteiger partial charge in [-0.05, 0) is 62.3 Å². The first-order valence-electron chi connectivity index (χ1n) is 10.8. The Hall–Kier alpha value is -2.37. The molecule has 3 aliphatic heterocycles. The van der Waals surface area contributed by atoms with Crippen molar-refractivity contribution in [1.29, 1.82) is 0 Å². The molecule has 0 saturated carbocycles. The zero-order chi connectivity index (χ0) is 20.3. The van der Waals surface area contributed by atoms with Crippen molar-refractivity contribution in [3.8, 4) is 11.1 Å². The van der Waals surface area contributed by atoms with Gasteiger partial charge < -0.3 is 15.7 Å². The summed E-state index contributed by atoms with van der Waals surface area (Å²) >= 11 is 0. The molecule has 0 spiro atoms. The SMILES string of the molecule is NCCCCc1ccc(-c2ccccc2)c(N(C(=O)O)C23CCN(CC2)CC3)c1. The Morgan fingerprint density at radius 3 is 2.34 bits per heavy atom. The third kappa shape index (κ3) is 4.02. The number of fused-ring (bicyclic) bond motifs is 3. The summed E-state index contributed by atoms with van der Waals surface area (Å²) in [6.45, 7) is 3.65. The molecule has 3 N–H and O–H groups in total. The number of carbonyl (C=O) groups is 1. The minimum atomic E-state index is -0.836. The fraction of sp³-hybridized carbons (Fsp3) is 0.458. The number of carboxylic acid groups (broad SMARTS) is 1. The normalized spacial score (nSPS) is 23.1. The maximum Gasteiger partial charge on any atom is 0.412 e. The molecule has 0 atom stereocenters. The van der Waals surface area contributed by atoms with Crippen molar-refractivity contribution in [2.45, 2.75) is 44.1 Å². The van der Waals surface area contributed by atoms with E-state index in [-0.39, 0.29) is 5.54 Å². The van der Waals surface area contributed by atoms with Crippen molar-refractivity contribution in [3.63, 3.8) is 0 Å². The lowest BCUT2D eigenvalue weighted by atomic mass is 9.78. The fourth-order valence-electron chi connectivity index (χ4n) is 4.96. The highest BCUT2D eigenvalue weighted by Gasteiger charge is 2.47. The Kier molecular flexibility index (Phi) is 5.88. The van der Waals surface area contributed by atoms with Crippen LogP contribution in [0.5, 0.6) is 0 Å². The highest BCUT2D eigenvalue weighted by molar-refractivity contribution is 5.94. The molecule has 2 bridgehead atoms. The summed E-state index contributed by atoms with van der Waals surface area (Å²) in [6, 6.07) is 16.5. The molecule has 29 heavy (non-hydrogen) atoms. The molecule has 3 saturated heterocycles. The minimum absolute atomic E-state index is 0.292. The van der Waals surface area contributed by atoms with Gasteiger partial charge in [0.25, 0.3) is 0 Å². The molecule has 5 heteroatoms. The van der Waals surface area contributed by atoms with Crippen molar-refractivity contribution >= 4 is 11.8 Å². The van der Waals surface area contributed by atoms with E-state index in [0.717, 1.165) is 75.0 Å². The molecule has 3 heterocycles. The molecular weight excluding hydrogens is 362 g/mol. The molecule has 0 unspecified atom stereocenters. The maximum absolute atomic E-state index is 12.6. The van der Waals surface area contributed by atoms with Crippen LogP contribution in [-0.2, 0) is 6.42 Å². The van der Waals surface area contributed by atoms with Crippen LogP contribution in [0.25, 0.3) is 11.1 Å². The summed E-state index contributed by atoms with van der Waals surface area (Å²) in [5.41, 5.74) is 9.45. The molecule has 3 aliphatic rings. The molecule has 5 rings (SSSR count). The van der Waals surface area contributed by atoms with Crippen molar-refractivity contribution < 1.29 is 9.90 Å². The lowest BCUT2D eigenvalue weighted by Crippen LogP contribution is -2.62. The summed E-state index contributed by atoms with van der Waals surface area (Å²) in [5, 5.41) is 10.4. The third-order valence-electron chi connectivity index (χ3n) is 6.65. The van der Waals surface area contributed by atoms with E-state index in [9.17, 15) is 9.90 Å². The van der Waals surface area contributed by atoms with Crippen LogP contribution in [0.4, 0.5) is 10.5 Å². The Labute approximate surface area is 173 Å². The van der Waals surface area contributed by atoms with Crippen LogP contribution in [0.1, 0.15) is 37.7 Å². The largest absolute Gasteiger partial charge is 0.465 e. The van der Waals surface area contributed by atoms with Crippen LogP contribution >= 0.6 is 0 Å². The van der Waals surface area contributed by atoms with Gasteiger partial charge in [0.05, 0.1) is 11.2 Å². The van der Waals surface area contributed by atoms with Crippen molar-refractivity contribution in [2.24, 2.45) is 5.73 Å². The number of anilines is 1. The standard InChI is InChI=1S/C24H31N3O2/c25-14-5-4-6-19-9-10-21(20-7-2-1-3-8-20)22(18-19)27(23(28)29)24-11-15-26(16-12-24)17-13-24/h1-3,7-10,18H,4-6,11-17,25H2,(H,28,29). The number of unbranched alkanes of at least 4 members (excludes halogenated alkanes) is 1. The van der Waals surface area contributed by atoms with Gasteiger partial charge in [-0.2, -0.15) is 0 Å². The molecule has 1 amide bonds. The second-order valence-electron chi connectivity index (χ2n) is 8.40. The molecule has 0 aliphatic carbocycles. The highest BCUT2D eigenvalue weighted by Crippen LogP contribution is 2.43. The number of nitrogens with zero attached hydrogens (tertiary/aromatic N) is 2. The van der Waals surface area contributed by atoms with E-state index >= 15 is 0 Å². The zero-order valence-corrected chi connectivity index (χ0v) is 17.0. The van der Waals surface area contributed by atoms with Crippen LogP contribution < -0.4 is 10.6 Å². The van der Waals surface area contributed by atoms with Crippen molar-refractivity contribution in [1.82, 2.24) is 4.90 Å². The molecule has 2 aromatic rings. The average Bonchev–Trinajstić information content (AvgIpc) is 2.76. The lowest BCUT2D eigenvalue weighted by Gasteiger charge is -2.53. The van der Waals surface area contributed by atoms with Crippen LogP contribution in [0.3, 0.4) is 0 Å². The van der Waals surface area contributed by atoms with Gasteiger partial charge in [0.2, 0.25) is 0 Å². The molecule has 3 fully saturated rings. The molecule has 5 nitrogen and oxygen atoms in total. The van der Waals surface area contributed by atoms with E-state index in [2.05, 4.69) is 35.2 Å². The smallest absolute Gasteiger partial charge is 0.412 e. The van der Waals surface area contributed by atoms with Gasteiger partial charge in [0, 0.05) is 25.2 Å². The van der Waals surface area contributed by atoms with E-state index in [0.29, 0.717) is 6.54 Å². The van der Waals surface area contributed by atoms with E-state index in [1.807, 2.05) is 18.2 Å². The van der Waals surface area contributed by atoms with Gasteiger partial charge in [-0.25, -0.2) is 4.79 Å². The molecule has 0 aromatic heterocycles. The van der Waals surface area contributed by atoms with E-state index in [4.69, 9.17) is 5.73 Å². The van der Waals surface area contributed by atoms with Gasteiger partial charge in [-0.15, -0.1) is 0 Å². The monoisotopic (exact) mass is 393 g/mol. The number of benzene rings is 2. The summed E-state index contributed by atoms with van der Waals surface area (Å²) in [5.74, 6) is 0. The second-order valence-corrected chi connectivity index (χ2v) is 8.40. The second kappa shape index (κ2) is 8.56. The summed E-state index contributed by atoms with van der Waals surface area (Å²) in [6.07, 6.45) is 4.82. The number of rotatable bonds is 7. The van der Waals surface area contributed by atoms with Gasteiger partial charge >= 0.3 is 6.09 Å². The zero-order valence-electron chi connectivity index (χ0n) is 17.0. The van der Waals surface area contributed by atoms with E-state index in [1.54, 1.807) is 4.90 Å². The molecular formula is C24H31N3O2. The molecule has 2 aromatic carbocycles. The van der Waals surface area contributed by atoms with E-state index in [1.165, 1.54) is 5.56 Å². The third-order valence-corrected chi connectivity index (χ3v) is 6.65. The molecule has 154 valence electrons. The van der Waals surface area contributed by atoms with Gasteiger partial charge in [-0.3, -0.25) is 4.90 Å². The summed E-state index contributed by atoms with van der Waals surface area (Å²) in [4.78, 5) is 16.8. The number of amides is 1.